The van der Waals surface area contributed by atoms with Crippen LogP contribution in [0.15, 0.2) is 53.4 Å². The van der Waals surface area contributed by atoms with Gasteiger partial charge in [0.1, 0.15) is 6.04 Å². The van der Waals surface area contributed by atoms with Crippen molar-refractivity contribution in [1.29, 1.82) is 0 Å². The van der Waals surface area contributed by atoms with Gasteiger partial charge >= 0.3 is 5.97 Å². The van der Waals surface area contributed by atoms with Crippen LogP contribution in [0.1, 0.15) is 24.8 Å². The van der Waals surface area contributed by atoms with E-state index in [2.05, 4.69) is 32.6 Å². The molecule has 1 amide bonds. The molecule has 0 bridgehead atoms. The molecule has 0 saturated carbocycles. The first-order chi connectivity index (χ1) is 15.7. The fraction of sp³-hybridized carbons (Fsp3) is 0.364. The first kappa shape index (κ1) is 25.6. The number of halogens is 1. The van der Waals surface area contributed by atoms with Gasteiger partial charge in [0.05, 0.1) is 17.9 Å². The highest BCUT2D eigenvalue weighted by atomic mass is 127. The van der Waals surface area contributed by atoms with Crippen LogP contribution in [0.25, 0.3) is 0 Å². The van der Waals surface area contributed by atoms with Gasteiger partial charge in [-0.25, -0.2) is 8.42 Å². The first-order valence-corrected chi connectivity index (χ1v) is 12.9. The molecule has 0 radical (unpaired) electrons. The number of ether oxygens (including phenoxy) is 2. The van der Waals surface area contributed by atoms with E-state index < -0.39 is 34.2 Å². The Kier molecular flexibility index (Phi) is 9.20. The molecule has 0 spiro atoms. The van der Waals surface area contributed by atoms with E-state index in [-0.39, 0.29) is 17.9 Å². The number of carboxylic acid groups (broad SMARTS) is 1. The van der Waals surface area contributed by atoms with Gasteiger partial charge < -0.3 is 19.9 Å². The molecule has 1 fully saturated rings. The second-order valence-electron chi connectivity index (χ2n) is 7.51. The van der Waals surface area contributed by atoms with Crippen LogP contribution in [-0.4, -0.2) is 50.9 Å². The third-order valence-electron chi connectivity index (χ3n) is 4.90. The summed E-state index contributed by atoms with van der Waals surface area (Å²) in [5.74, 6) is -1.56. The van der Waals surface area contributed by atoms with Crippen molar-refractivity contribution >= 4 is 50.2 Å². The molecule has 1 saturated heterocycles. The third-order valence-corrected chi connectivity index (χ3v) is 7.11. The summed E-state index contributed by atoms with van der Waals surface area (Å²) in [7, 11) is -3.99. The van der Waals surface area contributed by atoms with Gasteiger partial charge in [0.2, 0.25) is 15.9 Å². The number of aliphatic carboxylic acids is 1. The Balaban J connectivity index is 1.72. The Labute approximate surface area is 206 Å². The van der Waals surface area contributed by atoms with Crippen LogP contribution in [0.3, 0.4) is 0 Å². The Morgan fingerprint density at radius 1 is 1.12 bits per heavy atom. The lowest BCUT2D eigenvalue weighted by molar-refractivity contribution is -0.166. The molecule has 33 heavy (non-hydrogen) atoms. The van der Waals surface area contributed by atoms with E-state index in [4.69, 9.17) is 14.6 Å². The summed E-state index contributed by atoms with van der Waals surface area (Å²) in [6.07, 6.45) is 1.90. The molecule has 1 heterocycles. The monoisotopic (exact) mass is 588 g/mol. The Hall–Kier alpha value is -2.06. The fourth-order valence-corrected chi connectivity index (χ4v) is 4.73. The molecule has 0 aromatic heterocycles. The molecule has 3 N–H and O–H groups in total. The quantitative estimate of drug-likeness (QED) is 0.364. The van der Waals surface area contributed by atoms with Crippen molar-refractivity contribution in [3.63, 3.8) is 0 Å². The highest BCUT2D eigenvalue weighted by molar-refractivity contribution is 14.1. The number of carboxylic acids is 1. The molecule has 2 atom stereocenters. The average Bonchev–Trinajstić information content (AvgIpc) is 2.78. The number of amides is 1. The van der Waals surface area contributed by atoms with Crippen LogP contribution >= 0.6 is 22.6 Å². The second-order valence-corrected chi connectivity index (χ2v) is 10.5. The van der Waals surface area contributed by atoms with Gasteiger partial charge in [-0.15, -0.1) is 0 Å². The van der Waals surface area contributed by atoms with Crippen molar-refractivity contribution < 1.29 is 32.6 Å². The minimum absolute atomic E-state index is 0.0349. The molecule has 2 aromatic rings. The highest BCUT2D eigenvalue weighted by Crippen LogP contribution is 2.17. The summed E-state index contributed by atoms with van der Waals surface area (Å²) >= 11 is 2.07. The molecule has 9 nitrogen and oxygen atoms in total. The molecule has 178 valence electrons. The van der Waals surface area contributed by atoms with Crippen LogP contribution in [0, 0.1) is 3.57 Å². The fourth-order valence-electron chi connectivity index (χ4n) is 3.19. The average molecular weight is 588 g/mol. The van der Waals surface area contributed by atoms with Crippen LogP contribution in [0.2, 0.25) is 0 Å². The zero-order valence-electron chi connectivity index (χ0n) is 17.7. The third kappa shape index (κ3) is 8.03. The van der Waals surface area contributed by atoms with Gasteiger partial charge in [-0.05, 0) is 83.8 Å². The van der Waals surface area contributed by atoms with Gasteiger partial charge in [0.25, 0.3) is 0 Å². The summed E-state index contributed by atoms with van der Waals surface area (Å²) in [5, 5.41) is 11.5. The van der Waals surface area contributed by atoms with Crippen molar-refractivity contribution in [3.8, 4) is 0 Å². The molecule has 0 aliphatic carbocycles. The number of hydrogen-bond donors (Lipinski definition) is 3. The maximum atomic E-state index is 13.0. The van der Waals surface area contributed by atoms with E-state index in [1.165, 1.54) is 12.1 Å². The number of rotatable bonds is 10. The smallest absolute Gasteiger partial charge is 0.307 e. The number of benzene rings is 2. The topological polar surface area (TPSA) is 131 Å². The SMILES string of the molecule is O=C(O)Cc1ccc(NC(=O)C(COC2CCCCO2)NS(=O)(=O)c2ccc(I)cc2)cc1. The summed E-state index contributed by atoms with van der Waals surface area (Å²) in [5.41, 5.74) is 0.982. The molecular weight excluding hydrogens is 563 g/mol. The highest BCUT2D eigenvalue weighted by Gasteiger charge is 2.28. The minimum Gasteiger partial charge on any atom is -0.481 e. The summed E-state index contributed by atoms with van der Waals surface area (Å²) in [6.45, 7) is 0.343. The minimum atomic E-state index is -3.99. The van der Waals surface area contributed by atoms with E-state index in [0.29, 0.717) is 24.3 Å². The second kappa shape index (κ2) is 11.9. The van der Waals surface area contributed by atoms with Crippen LogP contribution in [0.5, 0.6) is 0 Å². The lowest BCUT2D eigenvalue weighted by Crippen LogP contribution is -2.47. The van der Waals surface area contributed by atoms with E-state index >= 15 is 0 Å². The number of carbonyl (C=O) groups is 2. The van der Waals surface area contributed by atoms with E-state index in [9.17, 15) is 18.0 Å². The molecule has 1 aliphatic rings. The van der Waals surface area contributed by atoms with Gasteiger partial charge in [0.15, 0.2) is 6.29 Å². The Morgan fingerprint density at radius 2 is 1.82 bits per heavy atom. The number of hydrogen-bond acceptors (Lipinski definition) is 6. The lowest BCUT2D eigenvalue weighted by atomic mass is 10.1. The lowest BCUT2D eigenvalue weighted by Gasteiger charge is -2.25. The van der Waals surface area contributed by atoms with Gasteiger partial charge in [-0.1, -0.05) is 12.1 Å². The molecule has 2 aromatic carbocycles. The molecular formula is C22H25IN2O7S. The van der Waals surface area contributed by atoms with Crippen molar-refractivity contribution in [1.82, 2.24) is 4.72 Å². The van der Waals surface area contributed by atoms with E-state index in [1.54, 1.807) is 36.4 Å². The maximum Gasteiger partial charge on any atom is 0.307 e. The van der Waals surface area contributed by atoms with Crippen molar-refractivity contribution in [2.24, 2.45) is 0 Å². The van der Waals surface area contributed by atoms with Crippen molar-refractivity contribution in [2.75, 3.05) is 18.5 Å². The number of anilines is 1. The number of sulfonamides is 1. The molecule has 2 unspecified atom stereocenters. The standard InChI is InChI=1S/C22H25IN2O7S/c23-16-6-10-18(11-7-16)33(29,30)25-19(14-32-21-3-1-2-12-31-21)22(28)24-17-8-4-15(5-9-17)13-20(26)27/h4-11,19,21,25H,1-3,12-14H2,(H,24,28)(H,26,27). The number of nitrogens with one attached hydrogen (secondary N) is 2. The predicted octanol–water partition coefficient (Wildman–Crippen LogP) is 2.75. The summed E-state index contributed by atoms with van der Waals surface area (Å²) in [4.78, 5) is 23.8. The van der Waals surface area contributed by atoms with E-state index in [0.717, 1.165) is 16.4 Å². The largest absolute Gasteiger partial charge is 0.481 e. The maximum absolute atomic E-state index is 13.0. The van der Waals surface area contributed by atoms with E-state index in [1.807, 2.05) is 0 Å². The normalized spacial score (nSPS) is 17.3. The Bertz CT molecular complexity index is 1050. The van der Waals surface area contributed by atoms with Crippen LogP contribution < -0.4 is 10.0 Å². The molecule has 1 aliphatic heterocycles. The van der Waals surface area contributed by atoms with Gasteiger partial charge in [-0.2, -0.15) is 4.72 Å². The predicted molar refractivity (Wildman–Crippen MR) is 129 cm³/mol. The van der Waals surface area contributed by atoms with Gasteiger partial charge in [-0.3, -0.25) is 9.59 Å². The molecule has 3 rings (SSSR count). The van der Waals surface area contributed by atoms with Crippen LogP contribution in [0.4, 0.5) is 5.69 Å². The van der Waals surface area contributed by atoms with Crippen molar-refractivity contribution in [2.45, 2.75) is 42.9 Å². The summed E-state index contributed by atoms with van der Waals surface area (Å²) < 4.78 is 40.3. The summed E-state index contributed by atoms with van der Waals surface area (Å²) in [6, 6.07) is 11.3. The first-order valence-electron chi connectivity index (χ1n) is 10.4. The van der Waals surface area contributed by atoms with Crippen molar-refractivity contribution in [3.05, 3.63) is 57.7 Å². The molecule has 11 heteroatoms. The van der Waals surface area contributed by atoms with Gasteiger partial charge in [0, 0.05) is 15.9 Å². The Morgan fingerprint density at radius 3 is 2.42 bits per heavy atom. The van der Waals surface area contributed by atoms with Crippen LogP contribution in [-0.2, 0) is 35.5 Å². The zero-order valence-corrected chi connectivity index (χ0v) is 20.7. The zero-order chi connectivity index (χ0) is 23.8. The number of carbonyl (C=O) groups excluding carboxylic acids is 1.